The highest BCUT2D eigenvalue weighted by Crippen LogP contribution is 2.36. The van der Waals surface area contributed by atoms with Crippen LogP contribution >= 0.6 is 0 Å². The third kappa shape index (κ3) is 2.22. The second-order valence-corrected chi connectivity index (χ2v) is 4.69. The Labute approximate surface area is 106 Å². The van der Waals surface area contributed by atoms with Gasteiger partial charge in [0.1, 0.15) is 5.92 Å². The predicted octanol–water partition coefficient (Wildman–Crippen LogP) is 0.763. The number of benzene rings is 1. The standard InChI is InChI=1S/C13H16N2O3/c1-14(2)8-12(16)15-7-10(13(17)18)9-5-3-4-6-11(9)15/h3-6,10H,7-8H2,1-2H3,(H,17,18). The fourth-order valence-corrected chi connectivity index (χ4v) is 2.21. The normalized spacial score (nSPS) is 17.9. The number of fused-ring (bicyclic) bond motifs is 1. The third-order valence-corrected chi connectivity index (χ3v) is 3.02. The van der Waals surface area contributed by atoms with Crippen molar-refractivity contribution < 1.29 is 14.7 Å². The first kappa shape index (κ1) is 12.6. The van der Waals surface area contributed by atoms with Gasteiger partial charge in [-0.25, -0.2) is 0 Å². The van der Waals surface area contributed by atoms with Gasteiger partial charge in [-0.3, -0.25) is 9.59 Å². The molecular weight excluding hydrogens is 232 g/mol. The fraction of sp³-hybridized carbons (Fsp3) is 0.385. The van der Waals surface area contributed by atoms with E-state index in [-0.39, 0.29) is 19.0 Å². The summed E-state index contributed by atoms with van der Waals surface area (Å²) in [5, 5.41) is 9.19. The largest absolute Gasteiger partial charge is 0.481 e. The lowest BCUT2D eigenvalue weighted by Crippen LogP contribution is -2.37. The molecule has 0 aliphatic carbocycles. The van der Waals surface area contributed by atoms with Crippen LogP contribution in [0.25, 0.3) is 0 Å². The van der Waals surface area contributed by atoms with Gasteiger partial charge < -0.3 is 14.9 Å². The van der Waals surface area contributed by atoms with Crippen LogP contribution in [0.4, 0.5) is 5.69 Å². The summed E-state index contributed by atoms with van der Waals surface area (Å²) in [6, 6.07) is 7.19. The summed E-state index contributed by atoms with van der Waals surface area (Å²) < 4.78 is 0. The van der Waals surface area contributed by atoms with Gasteiger partial charge in [0.05, 0.1) is 6.54 Å². The van der Waals surface area contributed by atoms with Gasteiger partial charge in [-0.2, -0.15) is 0 Å². The Morgan fingerprint density at radius 3 is 2.67 bits per heavy atom. The van der Waals surface area contributed by atoms with Crippen LogP contribution in [-0.4, -0.2) is 49.1 Å². The average Bonchev–Trinajstić information content (AvgIpc) is 2.67. The molecule has 1 N–H and O–H groups in total. The van der Waals surface area contributed by atoms with Gasteiger partial charge in [0, 0.05) is 12.2 Å². The van der Waals surface area contributed by atoms with Crippen molar-refractivity contribution in [1.29, 1.82) is 0 Å². The molecule has 18 heavy (non-hydrogen) atoms. The van der Waals surface area contributed by atoms with Crippen molar-refractivity contribution in [3.8, 4) is 0 Å². The molecule has 5 nitrogen and oxygen atoms in total. The first-order valence-corrected chi connectivity index (χ1v) is 5.77. The maximum atomic E-state index is 12.1. The zero-order valence-corrected chi connectivity index (χ0v) is 10.5. The molecule has 1 atom stereocenters. The van der Waals surface area contributed by atoms with Crippen LogP contribution in [0.1, 0.15) is 11.5 Å². The topological polar surface area (TPSA) is 60.9 Å². The molecule has 1 aromatic carbocycles. The number of carbonyl (C=O) groups excluding carboxylic acids is 1. The maximum Gasteiger partial charge on any atom is 0.312 e. The summed E-state index contributed by atoms with van der Waals surface area (Å²) in [7, 11) is 3.63. The minimum absolute atomic E-state index is 0.0730. The first-order chi connectivity index (χ1) is 8.50. The molecule has 96 valence electrons. The summed E-state index contributed by atoms with van der Waals surface area (Å²) in [6.45, 7) is 0.502. The second kappa shape index (κ2) is 4.78. The summed E-state index contributed by atoms with van der Waals surface area (Å²) in [4.78, 5) is 26.6. The van der Waals surface area contributed by atoms with Crippen molar-refractivity contribution in [2.45, 2.75) is 5.92 Å². The molecule has 0 radical (unpaired) electrons. The van der Waals surface area contributed by atoms with Crippen molar-refractivity contribution in [2.24, 2.45) is 0 Å². The molecule has 1 aliphatic rings. The number of likely N-dealkylation sites (N-methyl/N-ethyl adjacent to an activating group) is 1. The summed E-state index contributed by atoms with van der Waals surface area (Å²) >= 11 is 0. The van der Waals surface area contributed by atoms with Crippen molar-refractivity contribution in [2.75, 3.05) is 32.1 Å². The van der Waals surface area contributed by atoms with Crippen LogP contribution in [0.2, 0.25) is 0 Å². The highest BCUT2D eigenvalue weighted by Gasteiger charge is 2.36. The van der Waals surface area contributed by atoms with E-state index in [1.807, 2.05) is 20.2 Å². The molecular formula is C13H16N2O3. The molecule has 1 unspecified atom stereocenters. The Balaban J connectivity index is 2.31. The number of hydrogen-bond acceptors (Lipinski definition) is 3. The second-order valence-electron chi connectivity index (χ2n) is 4.69. The number of nitrogens with zero attached hydrogens (tertiary/aromatic N) is 2. The molecule has 0 fully saturated rings. The first-order valence-electron chi connectivity index (χ1n) is 5.77. The quantitative estimate of drug-likeness (QED) is 0.858. The van der Waals surface area contributed by atoms with Gasteiger partial charge in [-0.1, -0.05) is 18.2 Å². The van der Waals surface area contributed by atoms with Crippen molar-refractivity contribution in [3.63, 3.8) is 0 Å². The molecule has 1 heterocycles. The van der Waals surface area contributed by atoms with E-state index >= 15 is 0 Å². The smallest absolute Gasteiger partial charge is 0.312 e. The van der Waals surface area contributed by atoms with Crippen LogP contribution in [0.5, 0.6) is 0 Å². The fourth-order valence-electron chi connectivity index (χ4n) is 2.21. The number of rotatable bonds is 3. The molecule has 2 rings (SSSR count). The number of para-hydroxylation sites is 1. The summed E-state index contributed by atoms with van der Waals surface area (Å²) in [6.07, 6.45) is 0. The number of aliphatic carboxylic acids is 1. The molecule has 1 aromatic rings. The van der Waals surface area contributed by atoms with E-state index in [2.05, 4.69) is 0 Å². The monoisotopic (exact) mass is 248 g/mol. The third-order valence-electron chi connectivity index (χ3n) is 3.02. The van der Waals surface area contributed by atoms with E-state index in [0.717, 1.165) is 11.3 Å². The van der Waals surface area contributed by atoms with Gasteiger partial charge in [-0.05, 0) is 25.7 Å². The number of carboxylic acid groups (broad SMARTS) is 1. The molecule has 0 saturated carbocycles. The van der Waals surface area contributed by atoms with Gasteiger partial charge in [0.25, 0.3) is 0 Å². The van der Waals surface area contributed by atoms with E-state index in [4.69, 9.17) is 0 Å². The van der Waals surface area contributed by atoms with E-state index in [1.165, 1.54) is 0 Å². The van der Waals surface area contributed by atoms with E-state index in [1.54, 1.807) is 28.0 Å². The average molecular weight is 248 g/mol. The van der Waals surface area contributed by atoms with E-state index in [0.29, 0.717) is 0 Å². The van der Waals surface area contributed by atoms with Gasteiger partial charge in [-0.15, -0.1) is 0 Å². The Hall–Kier alpha value is -1.88. The van der Waals surface area contributed by atoms with E-state index < -0.39 is 11.9 Å². The lowest BCUT2D eigenvalue weighted by Gasteiger charge is -2.19. The molecule has 1 aliphatic heterocycles. The van der Waals surface area contributed by atoms with Crippen molar-refractivity contribution >= 4 is 17.6 Å². The van der Waals surface area contributed by atoms with Crippen molar-refractivity contribution in [3.05, 3.63) is 29.8 Å². The van der Waals surface area contributed by atoms with Crippen LogP contribution in [-0.2, 0) is 9.59 Å². The molecule has 5 heteroatoms. The minimum atomic E-state index is -0.886. The van der Waals surface area contributed by atoms with Crippen LogP contribution in [0.15, 0.2) is 24.3 Å². The highest BCUT2D eigenvalue weighted by molar-refractivity contribution is 5.99. The van der Waals surface area contributed by atoms with E-state index in [9.17, 15) is 14.7 Å². The Kier molecular flexibility index (Phi) is 3.34. The predicted molar refractivity (Wildman–Crippen MR) is 67.7 cm³/mol. The molecule has 0 bridgehead atoms. The SMILES string of the molecule is CN(C)CC(=O)N1CC(C(=O)O)c2ccccc21. The lowest BCUT2D eigenvalue weighted by atomic mass is 10.0. The Morgan fingerprint density at radius 2 is 2.06 bits per heavy atom. The molecule has 1 amide bonds. The van der Waals surface area contributed by atoms with Crippen LogP contribution in [0.3, 0.4) is 0 Å². The minimum Gasteiger partial charge on any atom is -0.481 e. The lowest BCUT2D eigenvalue weighted by molar-refractivity contribution is -0.138. The highest BCUT2D eigenvalue weighted by atomic mass is 16.4. The van der Waals surface area contributed by atoms with Gasteiger partial charge in [0.15, 0.2) is 0 Å². The zero-order valence-electron chi connectivity index (χ0n) is 10.5. The zero-order chi connectivity index (χ0) is 13.3. The number of hydrogen-bond donors (Lipinski definition) is 1. The molecule has 0 spiro atoms. The van der Waals surface area contributed by atoms with Gasteiger partial charge >= 0.3 is 5.97 Å². The number of carbonyl (C=O) groups is 2. The summed E-state index contributed by atoms with van der Waals surface area (Å²) in [5.74, 6) is -1.58. The molecule has 0 saturated heterocycles. The van der Waals surface area contributed by atoms with Crippen LogP contribution in [0, 0.1) is 0 Å². The molecule has 0 aromatic heterocycles. The van der Waals surface area contributed by atoms with Crippen molar-refractivity contribution in [1.82, 2.24) is 4.90 Å². The Bertz CT molecular complexity index is 485. The summed E-state index contributed by atoms with van der Waals surface area (Å²) in [5.41, 5.74) is 1.44. The number of carboxylic acids is 1. The van der Waals surface area contributed by atoms with Gasteiger partial charge in [0.2, 0.25) is 5.91 Å². The maximum absolute atomic E-state index is 12.1. The Morgan fingerprint density at radius 1 is 1.39 bits per heavy atom. The number of anilines is 1. The van der Waals surface area contributed by atoms with Crippen LogP contribution < -0.4 is 4.90 Å². The number of amides is 1.